The molecule has 2 heterocycles. The molecule has 0 aromatic carbocycles. The van der Waals surface area contributed by atoms with Crippen LogP contribution in [0.4, 0.5) is 0 Å². The number of nitrogens with one attached hydrogen (secondary N) is 1. The maximum absolute atomic E-state index is 11.8. The Balaban J connectivity index is 1.78. The van der Waals surface area contributed by atoms with Gasteiger partial charge in [0.1, 0.15) is 0 Å². The molecule has 2 aromatic rings. The van der Waals surface area contributed by atoms with Crippen LogP contribution < -0.4 is 11.1 Å². The summed E-state index contributed by atoms with van der Waals surface area (Å²) in [7, 11) is 0. The van der Waals surface area contributed by atoms with Crippen molar-refractivity contribution >= 4 is 17.2 Å². The number of nitrogens with two attached hydrogens (primary N) is 1. The predicted octanol–water partition coefficient (Wildman–Crippen LogP) is 1.97. The van der Waals surface area contributed by atoms with Crippen LogP contribution >= 0.6 is 11.3 Å². The van der Waals surface area contributed by atoms with E-state index in [1.165, 1.54) is 0 Å². The van der Waals surface area contributed by atoms with E-state index in [0.717, 1.165) is 4.88 Å². The van der Waals surface area contributed by atoms with E-state index in [4.69, 9.17) is 10.3 Å². The summed E-state index contributed by atoms with van der Waals surface area (Å²) in [5.41, 5.74) is 5.21. The maximum Gasteiger partial charge on any atom is 0.226 e. The summed E-state index contributed by atoms with van der Waals surface area (Å²) < 4.78 is 5.19. The number of aryl methyl sites for hydroxylation is 1. The quantitative estimate of drug-likeness (QED) is 0.815. The van der Waals surface area contributed by atoms with Crippen LogP contribution in [0.3, 0.4) is 0 Å². The predicted molar refractivity (Wildman–Crippen MR) is 81.8 cm³/mol. The van der Waals surface area contributed by atoms with Crippen LogP contribution in [0.2, 0.25) is 0 Å². The molecule has 0 saturated carbocycles. The van der Waals surface area contributed by atoms with Crippen molar-refractivity contribution in [2.45, 2.75) is 38.6 Å². The summed E-state index contributed by atoms with van der Waals surface area (Å²) in [5.74, 6) is 1.15. The Bertz CT molecular complexity index is 578. The molecule has 0 aliphatic carbocycles. The zero-order chi connectivity index (χ0) is 15.3. The number of carbonyl (C=O) groups is 1. The Kier molecular flexibility index (Phi) is 5.08. The highest BCUT2D eigenvalue weighted by Gasteiger charge is 2.18. The number of nitrogens with zero attached hydrogens (tertiary/aromatic N) is 2. The average molecular weight is 308 g/mol. The SMILES string of the molecule is CC(C)(CN)NC(=O)CCCc1nc(-c2cccs2)no1. The minimum Gasteiger partial charge on any atom is -0.350 e. The monoisotopic (exact) mass is 308 g/mol. The van der Waals surface area contributed by atoms with E-state index in [-0.39, 0.29) is 11.4 Å². The summed E-state index contributed by atoms with van der Waals surface area (Å²) in [5, 5.41) is 8.79. The Morgan fingerprint density at radius 2 is 2.33 bits per heavy atom. The minimum absolute atomic E-state index is 0.0107. The van der Waals surface area contributed by atoms with Crippen LogP contribution in [0.15, 0.2) is 22.0 Å². The van der Waals surface area contributed by atoms with Gasteiger partial charge in [-0.15, -0.1) is 11.3 Å². The lowest BCUT2D eigenvalue weighted by atomic mass is 10.1. The highest BCUT2D eigenvalue weighted by Crippen LogP contribution is 2.21. The van der Waals surface area contributed by atoms with Gasteiger partial charge in [0.15, 0.2) is 0 Å². The third-order valence-corrected chi connectivity index (χ3v) is 3.86. The van der Waals surface area contributed by atoms with Gasteiger partial charge in [0, 0.05) is 24.9 Å². The number of hydrogen-bond acceptors (Lipinski definition) is 6. The third kappa shape index (κ3) is 4.64. The molecule has 2 aromatic heterocycles. The highest BCUT2D eigenvalue weighted by atomic mass is 32.1. The molecule has 7 heteroatoms. The van der Waals surface area contributed by atoms with Gasteiger partial charge in [-0.05, 0) is 31.7 Å². The van der Waals surface area contributed by atoms with Gasteiger partial charge in [-0.3, -0.25) is 4.79 Å². The second-order valence-corrected chi connectivity index (χ2v) is 6.43. The van der Waals surface area contributed by atoms with Crippen molar-refractivity contribution in [1.29, 1.82) is 0 Å². The Morgan fingerprint density at radius 1 is 1.52 bits per heavy atom. The number of aromatic nitrogens is 2. The van der Waals surface area contributed by atoms with Crippen LogP contribution in [0.1, 0.15) is 32.6 Å². The van der Waals surface area contributed by atoms with E-state index < -0.39 is 0 Å². The lowest BCUT2D eigenvalue weighted by Gasteiger charge is -2.24. The fourth-order valence-electron chi connectivity index (χ4n) is 1.75. The molecule has 1 amide bonds. The molecule has 0 spiro atoms. The third-order valence-electron chi connectivity index (χ3n) is 2.99. The first-order valence-corrected chi connectivity index (χ1v) is 7.76. The van der Waals surface area contributed by atoms with Crippen molar-refractivity contribution in [3.63, 3.8) is 0 Å². The second-order valence-electron chi connectivity index (χ2n) is 5.48. The molecule has 0 unspecified atom stereocenters. The van der Waals surface area contributed by atoms with Crippen molar-refractivity contribution in [1.82, 2.24) is 15.5 Å². The Labute approximate surface area is 127 Å². The fraction of sp³-hybridized carbons (Fsp3) is 0.500. The number of amides is 1. The van der Waals surface area contributed by atoms with E-state index in [0.29, 0.717) is 37.5 Å². The first-order chi connectivity index (χ1) is 10.00. The van der Waals surface area contributed by atoms with Crippen molar-refractivity contribution in [2.24, 2.45) is 5.73 Å². The Hall–Kier alpha value is -1.73. The highest BCUT2D eigenvalue weighted by molar-refractivity contribution is 7.13. The zero-order valence-electron chi connectivity index (χ0n) is 12.3. The molecule has 21 heavy (non-hydrogen) atoms. The van der Waals surface area contributed by atoms with Crippen molar-refractivity contribution in [3.05, 3.63) is 23.4 Å². The molecule has 0 saturated heterocycles. The zero-order valence-corrected chi connectivity index (χ0v) is 13.1. The van der Waals surface area contributed by atoms with Crippen molar-refractivity contribution < 1.29 is 9.32 Å². The summed E-state index contributed by atoms with van der Waals surface area (Å²) in [6.45, 7) is 4.21. The molecular weight excluding hydrogens is 288 g/mol. The van der Waals surface area contributed by atoms with Gasteiger partial charge in [0.25, 0.3) is 0 Å². The Morgan fingerprint density at radius 3 is 3.00 bits per heavy atom. The van der Waals surface area contributed by atoms with E-state index in [2.05, 4.69) is 15.5 Å². The van der Waals surface area contributed by atoms with Gasteiger partial charge >= 0.3 is 0 Å². The topological polar surface area (TPSA) is 94.0 Å². The smallest absolute Gasteiger partial charge is 0.226 e. The molecule has 0 bridgehead atoms. The number of hydrogen-bond donors (Lipinski definition) is 2. The molecule has 6 nitrogen and oxygen atoms in total. The lowest BCUT2D eigenvalue weighted by Crippen LogP contribution is -2.48. The van der Waals surface area contributed by atoms with E-state index in [1.54, 1.807) is 11.3 Å². The lowest BCUT2D eigenvalue weighted by molar-refractivity contribution is -0.122. The summed E-state index contributed by atoms with van der Waals surface area (Å²) in [4.78, 5) is 17.1. The second kappa shape index (κ2) is 6.82. The largest absolute Gasteiger partial charge is 0.350 e. The van der Waals surface area contributed by atoms with Crippen LogP contribution in [-0.2, 0) is 11.2 Å². The van der Waals surface area contributed by atoms with Gasteiger partial charge in [-0.1, -0.05) is 11.2 Å². The molecular formula is C14H20N4O2S. The molecule has 2 rings (SSSR count). The van der Waals surface area contributed by atoms with Crippen LogP contribution in [0.5, 0.6) is 0 Å². The first kappa shape index (κ1) is 15.7. The van der Waals surface area contributed by atoms with Gasteiger partial charge < -0.3 is 15.6 Å². The van der Waals surface area contributed by atoms with E-state index >= 15 is 0 Å². The number of thiophene rings is 1. The minimum atomic E-state index is -0.367. The summed E-state index contributed by atoms with van der Waals surface area (Å²) in [6.07, 6.45) is 1.67. The van der Waals surface area contributed by atoms with Crippen molar-refractivity contribution in [2.75, 3.05) is 6.54 Å². The van der Waals surface area contributed by atoms with Gasteiger partial charge in [-0.25, -0.2) is 0 Å². The van der Waals surface area contributed by atoms with Gasteiger partial charge in [0.2, 0.25) is 17.6 Å². The van der Waals surface area contributed by atoms with Gasteiger partial charge in [-0.2, -0.15) is 4.98 Å². The fourth-order valence-corrected chi connectivity index (χ4v) is 2.40. The molecule has 0 aliphatic rings. The van der Waals surface area contributed by atoms with Gasteiger partial charge in [0.05, 0.1) is 4.88 Å². The molecule has 3 N–H and O–H groups in total. The average Bonchev–Trinajstić information content (AvgIpc) is 3.08. The van der Waals surface area contributed by atoms with E-state index in [9.17, 15) is 4.79 Å². The van der Waals surface area contributed by atoms with Crippen LogP contribution in [-0.4, -0.2) is 28.1 Å². The maximum atomic E-state index is 11.8. The normalized spacial score (nSPS) is 11.6. The van der Waals surface area contributed by atoms with Crippen LogP contribution in [0, 0.1) is 0 Å². The number of carbonyl (C=O) groups excluding carboxylic acids is 1. The van der Waals surface area contributed by atoms with Crippen molar-refractivity contribution in [3.8, 4) is 10.7 Å². The van der Waals surface area contributed by atoms with E-state index in [1.807, 2.05) is 31.4 Å². The number of rotatable bonds is 7. The molecule has 114 valence electrons. The van der Waals surface area contributed by atoms with Crippen LogP contribution in [0.25, 0.3) is 10.7 Å². The molecule has 0 atom stereocenters. The molecule has 0 fully saturated rings. The standard InChI is InChI=1S/C14H20N4O2S/c1-14(2,9-15)17-11(19)6-3-7-12-16-13(18-20-12)10-5-4-8-21-10/h4-5,8H,3,6-7,9,15H2,1-2H3,(H,17,19). The first-order valence-electron chi connectivity index (χ1n) is 6.88. The molecule has 0 radical (unpaired) electrons. The summed E-state index contributed by atoms with van der Waals surface area (Å²) in [6, 6.07) is 3.89. The summed E-state index contributed by atoms with van der Waals surface area (Å²) >= 11 is 1.57. The molecule has 0 aliphatic heterocycles.